The van der Waals surface area contributed by atoms with Gasteiger partial charge in [0.05, 0.1) is 26.2 Å². The summed E-state index contributed by atoms with van der Waals surface area (Å²) in [6.07, 6.45) is 0. The summed E-state index contributed by atoms with van der Waals surface area (Å²) in [5.74, 6) is -4.05. The Morgan fingerprint density at radius 2 is 1.00 bits per heavy atom. The van der Waals surface area contributed by atoms with E-state index in [9.17, 15) is 39.6 Å². The summed E-state index contributed by atoms with van der Waals surface area (Å²) in [5.41, 5.74) is 0. The van der Waals surface area contributed by atoms with Crippen molar-refractivity contribution >= 4 is 23.9 Å². The van der Waals surface area contributed by atoms with Crippen molar-refractivity contribution in [3.8, 4) is 0 Å². The predicted molar refractivity (Wildman–Crippen MR) is 110 cm³/mol. The Bertz CT molecular complexity index is 630. The van der Waals surface area contributed by atoms with E-state index in [0.717, 1.165) is 0 Å². The van der Waals surface area contributed by atoms with Crippen LogP contribution in [-0.2, 0) is 19.2 Å². The Balaban J connectivity index is 3.17. The summed E-state index contributed by atoms with van der Waals surface area (Å²) in [6.45, 7) is 4.98. The van der Waals surface area contributed by atoms with Crippen LogP contribution in [0.5, 0.6) is 0 Å². The number of carboxylic acid groups (broad SMARTS) is 4. The molecule has 1 saturated heterocycles. The molecule has 0 aromatic heterocycles. The molecular formula is C19H34N4O8. The predicted octanol–water partition coefficient (Wildman–Crippen LogP) is -1.43. The van der Waals surface area contributed by atoms with Gasteiger partial charge < -0.3 is 20.4 Å². The van der Waals surface area contributed by atoms with Gasteiger partial charge in [0.2, 0.25) is 0 Å². The largest absolute Gasteiger partial charge is 0.480 e. The average molecular weight is 447 g/mol. The van der Waals surface area contributed by atoms with Crippen LogP contribution in [0.3, 0.4) is 0 Å². The van der Waals surface area contributed by atoms with Crippen LogP contribution in [0.4, 0.5) is 0 Å². The normalized spacial score (nSPS) is 21.3. The minimum atomic E-state index is -1.02. The van der Waals surface area contributed by atoms with Gasteiger partial charge in [-0.25, -0.2) is 0 Å². The second-order valence-electron chi connectivity index (χ2n) is 8.14. The van der Waals surface area contributed by atoms with E-state index in [0.29, 0.717) is 45.8 Å². The smallest absolute Gasteiger partial charge is 0.317 e. The Morgan fingerprint density at radius 1 is 0.645 bits per heavy atom. The molecule has 1 aliphatic rings. The van der Waals surface area contributed by atoms with Gasteiger partial charge in [-0.15, -0.1) is 0 Å². The minimum absolute atomic E-state index is 0.0154. The molecule has 0 radical (unpaired) electrons. The number of carboxylic acids is 4. The summed E-state index contributed by atoms with van der Waals surface area (Å²) < 4.78 is 0. The van der Waals surface area contributed by atoms with Gasteiger partial charge in [-0.3, -0.25) is 38.8 Å². The SMILES string of the molecule is CC(C)C1CN(CC(=O)O)CCN(CC(=O)O)CCN(CC(=O)O)CCN1CC(=O)O. The van der Waals surface area contributed by atoms with E-state index < -0.39 is 23.9 Å². The number of carbonyl (C=O) groups is 4. The van der Waals surface area contributed by atoms with E-state index in [1.54, 1.807) is 19.6 Å². The van der Waals surface area contributed by atoms with Gasteiger partial charge in [-0.05, 0) is 5.92 Å². The molecule has 1 heterocycles. The molecule has 4 N–H and O–H groups in total. The van der Waals surface area contributed by atoms with Crippen molar-refractivity contribution in [2.75, 3.05) is 72.0 Å². The maximum atomic E-state index is 11.5. The quantitative estimate of drug-likeness (QED) is 0.327. The van der Waals surface area contributed by atoms with Crippen LogP contribution < -0.4 is 0 Å². The lowest BCUT2D eigenvalue weighted by molar-refractivity contribution is -0.142. The lowest BCUT2D eigenvalue weighted by atomic mass is 10.0. The van der Waals surface area contributed by atoms with Crippen molar-refractivity contribution in [2.45, 2.75) is 19.9 Å². The van der Waals surface area contributed by atoms with Crippen molar-refractivity contribution in [1.29, 1.82) is 0 Å². The molecule has 1 aliphatic heterocycles. The van der Waals surface area contributed by atoms with Crippen molar-refractivity contribution < 1.29 is 39.6 Å². The fourth-order valence-corrected chi connectivity index (χ4v) is 3.73. The highest BCUT2D eigenvalue weighted by Crippen LogP contribution is 2.14. The summed E-state index contributed by atoms with van der Waals surface area (Å²) in [4.78, 5) is 52.1. The lowest BCUT2D eigenvalue weighted by Gasteiger charge is -2.39. The molecule has 12 nitrogen and oxygen atoms in total. The van der Waals surface area contributed by atoms with E-state index in [-0.39, 0.29) is 38.1 Å². The zero-order valence-electron chi connectivity index (χ0n) is 18.1. The Hall–Kier alpha value is -2.28. The number of rotatable bonds is 9. The molecule has 178 valence electrons. The first-order valence-corrected chi connectivity index (χ1v) is 10.3. The fraction of sp³-hybridized carbons (Fsp3) is 0.789. The first-order chi connectivity index (χ1) is 14.5. The third-order valence-corrected chi connectivity index (χ3v) is 5.27. The van der Waals surface area contributed by atoms with Crippen molar-refractivity contribution in [3.05, 3.63) is 0 Å². The third kappa shape index (κ3) is 11.1. The number of aliphatic carboxylic acids is 4. The highest BCUT2D eigenvalue weighted by atomic mass is 16.4. The van der Waals surface area contributed by atoms with Crippen LogP contribution >= 0.6 is 0 Å². The summed E-state index contributed by atoms with van der Waals surface area (Å²) in [5, 5.41) is 37.1. The van der Waals surface area contributed by atoms with Gasteiger partial charge >= 0.3 is 23.9 Å². The average Bonchev–Trinajstić information content (AvgIpc) is 2.61. The van der Waals surface area contributed by atoms with E-state index >= 15 is 0 Å². The number of hydrogen-bond acceptors (Lipinski definition) is 8. The fourth-order valence-electron chi connectivity index (χ4n) is 3.73. The molecule has 1 rings (SSSR count). The van der Waals surface area contributed by atoms with Gasteiger partial charge in [-0.1, -0.05) is 13.8 Å². The molecule has 0 aromatic carbocycles. The highest BCUT2D eigenvalue weighted by molar-refractivity contribution is 5.70. The summed E-state index contributed by atoms with van der Waals surface area (Å²) >= 11 is 0. The summed E-state index contributed by atoms with van der Waals surface area (Å²) in [7, 11) is 0. The molecule has 12 heteroatoms. The molecule has 0 aromatic rings. The maximum Gasteiger partial charge on any atom is 0.317 e. The molecule has 1 atom stereocenters. The topological polar surface area (TPSA) is 162 Å². The van der Waals surface area contributed by atoms with Crippen LogP contribution in [0, 0.1) is 5.92 Å². The highest BCUT2D eigenvalue weighted by Gasteiger charge is 2.28. The standard InChI is InChI=1S/C19H34N4O8/c1-14(2)15-9-22(12-18(28)29)6-5-20(10-16(24)25)3-4-21(11-17(26)27)7-8-23(15)13-19(30)31/h14-15H,3-13H2,1-2H3,(H,24,25)(H,26,27)(H,28,29)(H,30,31). The second-order valence-corrected chi connectivity index (χ2v) is 8.14. The number of nitrogens with zero attached hydrogens (tertiary/aromatic N) is 4. The van der Waals surface area contributed by atoms with Gasteiger partial charge in [0.1, 0.15) is 0 Å². The molecule has 1 unspecified atom stereocenters. The van der Waals surface area contributed by atoms with Crippen LogP contribution in [-0.4, -0.2) is 142 Å². The Labute approximate surface area is 181 Å². The van der Waals surface area contributed by atoms with E-state index in [4.69, 9.17) is 0 Å². The first kappa shape index (κ1) is 26.8. The van der Waals surface area contributed by atoms with Crippen LogP contribution in [0.2, 0.25) is 0 Å². The van der Waals surface area contributed by atoms with E-state index in [1.807, 2.05) is 13.8 Å². The molecule has 0 saturated carbocycles. The molecule has 0 spiro atoms. The monoisotopic (exact) mass is 446 g/mol. The molecule has 1 fully saturated rings. The zero-order chi connectivity index (χ0) is 23.6. The Morgan fingerprint density at radius 3 is 1.39 bits per heavy atom. The second kappa shape index (κ2) is 13.2. The molecule has 0 amide bonds. The third-order valence-electron chi connectivity index (χ3n) is 5.27. The summed E-state index contributed by atoms with van der Waals surface area (Å²) in [6, 6.07) is -0.269. The maximum absolute atomic E-state index is 11.5. The van der Waals surface area contributed by atoms with Crippen molar-refractivity contribution in [2.24, 2.45) is 5.92 Å². The minimum Gasteiger partial charge on any atom is -0.480 e. The van der Waals surface area contributed by atoms with Gasteiger partial charge in [-0.2, -0.15) is 0 Å². The van der Waals surface area contributed by atoms with Gasteiger partial charge in [0, 0.05) is 51.9 Å². The van der Waals surface area contributed by atoms with Gasteiger partial charge in [0.15, 0.2) is 0 Å². The van der Waals surface area contributed by atoms with Crippen LogP contribution in [0.1, 0.15) is 13.8 Å². The van der Waals surface area contributed by atoms with Crippen molar-refractivity contribution in [1.82, 2.24) is 19.6 Å². The van der Waals surface area contributed by atoms with Crippen LogP contribution in [0.25, 0.3) is 0 Å². The molecule has 0 bridgehead atoms. The van der Waals surface area contributed by atoms with Crippen molar-refractivity contribution in [3.63, 3.8) is 0 Å². The van der Waals surface area contributed by atoms with Crippen LogP contribution in [0.15, 0.2) is 0 Å². The zero-order valence-corrected chi connectivity index (χ0v) is 18.1. The molecular weight excluding hydrogens is 412 g/mol. The molecule has 31 heavy (non-hydrogen) atoms. The van der Waals surface area contributed by atoms with E-state index in [1.165, 1.54) is 0 Å². The van der Waals surface area contributed by atoms with Gasteiger partial charge in [0.25, 0.3) is 0 Å². The van der Waals surface area contributed by atoms with E-state index in [2.05, 4.69) is 0 Å². The Kier molecular flexibility index (Phi) is 11.4. The number of hydrogen-bond donors (Lipinski definition) is 4. The lowest BCUT2D eigenvalue weighted by Crippen LogP contribution is -2.54. The molecule has 0 aliphatic carbocycles. The first-order valence-electron chi connectivity index (χ1n) is 10.3.